The minimum atomic E-state index is 0.894. The predicted octanol–water partition coefficient (Wildman–Crippen LogP) is 12.5. The van der Waals surface area contributed by atoms with Crippen LogP contribution in [-0.2, 0) is 0 Å². The van der Waals surface area contributed by atoms with Crippen molar-refractivity contribution in [3.63, 3.8) is 0 Å². The predicted molar refractivity (Wildman–Crippen MR) is 226 cm³/mol. The summed E-state index contributed by atoms with van der Waals surface area (Å²) in [4.78, 5) is 10.4. The molecule has 5 nitrogen and oxygen atoms in total. The molecular weight excluding hydrogens is 671 g/mol. The fraction of sp³-hybridized carbons (Fsp3) is 0. The largest absolute Gasteiger partial charge is 0.309 e. The van der Waals surface area contributed by atoms with Gasteiger partial charge >= 0.3 is 0 Å². The van der Waals surface area contributed by atoms with E-state index in [9.17, 15) is 0 Å². The Balaban J connectivity index is 1.22. The maximum absolute atomic E-state index is 5.22. The number of benzene rings is 8. The van der Waals surface area contributed by atoms with Gasteiger partial charge in [0, 0.05) is 27.6 Å². The zero-order valence-corrected chi connectivity index (χ0v) is 29.8. The summed E-state index contributed by atoms with van der Waals surface area (Å²) in [5.74, 6) is 1.79. The number of hydrogen-bond acceptors (Lipinski definition) is 2. The van der Waals surface area contributed by atoms with Crippen molar-refractivity contribution in [1.29, 1.82) is 0 Å². The van der Waals surface area contributed by atoms with Gasteiger partial charge in [-0.15, -0.1) is 0 Å². The maximum Gasteiger partial charge on any atom is 0.145 e. The summed E-state index contributed by atoms with van der Waals surface area (Å²) in [6.07, 6.45) is 0. The molecule has 0 bridgehead atoms. The van der Waals surface area contributed by atoms with Crippen LogP contribution in [0.4, 0.5) is 0 Å². The number of aromatic nitrogens is 5. The summed E-state index contributed by atoms with van der Waals surface area (Å²) >= 11 is 0. The lowest BCUT2D eigenvalue weighted by atomic mass is 10.0. The number of hydrogen-bond donors (Lipinski definition) is 0. The second-order valence-corrected chi connectivity index (χ2v) is 13.9. The molecular formula is C50H33N5. The van der Waals surface area contributed by atoms with Gasteiger partial charge in [-0.25, -0.2) is 9.97 Å². The van der Waals surface area contributed by atoms with Crippen molar-refractivity contribution in [3.05, 3.63) is 200 Å². The molecule has 0 saturated heterocycles. The number of rotatable bonds is 6. The molecule has 0 amide bonds. The molecule has 3 aromatic heterocycles. The Hall–Kier alpha value is -7.50. The fourth-order valence-corrected chi connectivity index (χ4v) is 8.16. The SMILES string of the molecule is c1ccc(-c2nc3ccccc3n2-c2cc(-c3ccc4c(c3)c3ccccc3n4-c3ccccc3)cc(-n3c(-c4ccccc4)nc4ccccc43)c2)cc1. The van der Waals surface area contributed by atoms with Gasteiger partial charge in [-0.05, 0) is 83.9 Å². The second-order valence-electron chi connectivity index (χ2n) is 13.9. The van der Waals surface area contributed by atoms with Crippen LogP contribution in [0.2, 0.25) is 0 Å². The molecule has 8 aromatic carbocycles. The molecule has 11 rings (SSSR count). The molecule has 0 aliphatic rings. The highest BCUT2D eigenvalue weighted by molar-refractivity contribution is 6.10. The maximum atomic E-state index is 5.22. The molecule has 0 spiro atoms. The zero-order chi connectivity index (χ0) is 36.3. The van der Waals surface area contributed by atoms with Crippen molar-refractivity contribution in [3.8, 4) is 51.0 Å². The van der Waals surface area contributed by atoms with Crippen LogP contribution in [-0.4, -0.2) is 23.7 Å². The molecule has 11 aromatic rings. The van der Waals surface area contributed by atoms with E-state index in [1.165, 1.54) is 21.8 Å². The molecule has 0 aliphatic carbocycles. The number of imidazole rings is 2. The van der Waals surface area contributed by atoms with Crippen molar-refractivity contribution in [2.75, 3.05) is 0 Å². The Morgan fingerprint density at radius 3 is 1.33 bits per heavy atom. The van der Waals surface area contributed by atoms with E-state index in [-0.39, 0.29) is 0 Å². The van der Waals surface area contributed by atoms with Gasteiger partial charge in [-0.2, -0.15) is 0 Å². The quantitative estimate of drug-likeness (QED) is 0.173. The van der Waals surface area contributed by atoms with Crippen LogP contribution in [0.3, 0.4) is 0 Å². The first-order valence-corrected chi connectivity index (χ1v) is 18.6. The molecule has 5 heteroatoms. The van der Waals surface area contributed by atoms with E-state index in [1.54, 1.807) is 0 Å². The molecule has 0 fully saturated rings. The third kappa shape index (κ3) is 5.09. The molecule has 0 radical (unpaired) electrons. The molecule has 0 unspecified atom stereocenters. The lowest BCUT2D eigenvalue weighted by molar-refractivity contribution is 1.07. The van der Waals surface area contributed by atoms with E-state index in [2.05, 4.69) is 214 Å². The van der Waals surface area contributed by atoms with Gasteiger partial charge in [0.25, 0.3) is 0 Å². The van der Waals surface area contributed by atoms with E-state index in [0.29, 0.717) is 0 Å². The Bertz CT molecular complexity index is 3050. The minimum Gasteiger partial charge on any atom is -0.309 e. The Morgan fingerprint density at radius 2 is 0.745 bits per heavy atom. The number of para-hydroxylation sites is 6. The van der Waals surface area contributed by atoms with Crippen molar-refractivity contribution in [1.82, 2.24) is 23.7 Å². The first kappa shape index (κ1) is 31.1. The zero-order valence-electron chi connectivity index (χ0n) is 29.8. The molecule has 0 atom stereocenters. The van der Waals surface area contributed by atoms with Crippen molar-refractivity contribution in [2.45, 2.75) is 0 Å². The highest BCUT2D eigenvalue weighted by Crippen LogP contribution is 2.39. The molecule has 258 valence electrons. The second kappa shape index (κ2) is 12.6. The highest BCUT2D eigenvalue weighted by atomic mass is 15.1. The summed E-state index contributed by atoms with van der Waals surface area (Å²) in [6.45, 7) is 0. The fourth-order valence-electron chi connectivity index (χ4n) is 8.16. The monoisotopic (exact) mass is 703 g/mol. The van der Waals surface area contributed by atoms with Crippen LogP contribution < -0.4 is 0 Å². The summed E-state index contributed by atoms with van der Waals surface area (Å²) in [7, 11) is 0. The first-order chi connectivity index (χ1) is 27.3. The standard InChI is InChI=1S/C50H33N5/c1-4-16-34(17-5-1)49-51-43-23-11-14-26-47(43)54(49)39-30-37(31-40(33-39)55-48-27-15-12-24-44(48)52-50(55)35-18-6-2-7-19-35)36-28-29-46-42(32-36)41-22-10-13-25-45(41)53(46)38-20-8-3-9-21-38/h1-33H. The van der Waals surface area contributed by atoms with Crippen LogP contribution in [0.5, 0.6) is 0 Å². The van der Waals surface area contributed by atoms with Crippen molar-refractivity contribution < 1.29 is 0 Å². The van der Waals surface area contributed by atoms with Gasteiger partial charge in [0.2, 0.25) is 0 Å². The van der Waals surface area contributed by atoms with Gasteiger partial charge in [0.15, 0.2) is 0 Å². The lowest BCUT2D eigenvalue weighted by Crippen LogP contribution is -2.03. The smallest absolute Gasteiger partial charge is 0.145 e. The van der Waals surface area contributed by atoms with E-state index in [0.717, 1.165) is 73.0 Å². The van der Waals surface area contributed by atoms with Crippen molar-refractivity contribution in [2.24, 2.45) is 0 Å². The average Bonchev–Trinajstić information content (AvgIpc) is 3.95. The van der Waals surface area contributed by atoms with Crippen molar-refractivity contribution >= 4 is 43.9 Å². The van der Waals surface area contributed by atoms with E-state index < -0.39 is 0 Å². The van der Waals surface area contributed by atoms with Crippen LogP contribution >= 0.6 is 0 Å². The van der Waals surface area contributed by atoms with E-state index >= 15 is 0 Å². The summed E-state index contributed by atoms with van der Waals surface area (Å²) in [5, 5.41) is 2.43. The van der Waals surface area contributed by atoms with Gasteiger partial charge in [0.1, 0.15) is 11.6 Å². The third-order valence-corrected chi connectivity index (χ3v) is 10.6. The molecule has 3 heterocycles. The van der Waals surface area contributed by atoms with Crippen LogP contribution in [0.15, 0.2) is 200 Å². The Morgan fingerprint density at radius 1 is 0.273 bits per heavy atom. The van der Waals surface area contributed by atoms with Gasteiger partial charge in [-0.1, -0.05) is 127 Å². The van der Waals surface area contributed by atoms with Gasteiger partial charge in [0.05, 0.1) is 44.5 Å². The van der Waals surface area contributed by atoms with E-state index in [4.69, 9.17) is 9.97 Å². The molecule has 55 heavy (non-hydrogen) atoms. The van der Waals surface area contributed by atoms with Crippen LogP contribution in [0, 0.1) is 0 Å². The van der Waals surface area contributed by atoms with Gasteiger partial charge in [-0.3, -0.25) is 9.13 Å². The molecule has 0 aliphatic heterocycles. The Labute approximate surface area is 317 Å². The third-order valence-electron chi connectivity index (χ3n) is 10.6. The lowest BCUT2D eigenvalue weighted by Gasteiger charge is -2.17. The first-order valence-electron chi connectivity index (χ1n) is 18.6. The van der Waals surface area contributed by atoms with Crippen LogP contribution in [0.1, 0.15) is 0 Å². The Kier molecular flexibility index (Phi) is 7.10. The summed E-state index contributed by atoms with van der Waals surface area (Å²) in [6, 6.07) is 70.9. The summed E-state index contributed by atoms with van der Waals surface area (Å²) < 4.78 is 6.97. The highest BCUT2D eigenvalue weighted by Gasteiger charge is 2.20. The number of nitrogens with zero attached hydrogens (tertiary/aromatic N) is 5. The van der Waals surface area contributed by atoms with Gasteiger partial charge < -0.3 is 4.57 Å². The molecule has 0 saturated carbocycles. The molecule has 0 N–H and O–H groups in total. The average molecular weight is 704 g/mol. The number of fused-ring (bicyclic) bond motifs is 5. The topological polar surface area (TPSA) is 40.6 Å². The van der Waals surface area contributed by atoms with Crippen LogP contribution in [0.25, 0.3) is 94.8 Å². The summed E-state index contributed by atoms with van der Waals surface area (Å²) in [5.41, 5.74) is 13.9. The van der Waals surface area contributed by atoms with E-state index in [1.807, 2.05) is 0 Å². The minimum absolute atomic E-state index is 0.894. The normalized spacial score (nSPS) is 11.6.